The molecule has 0 aliphatic heterocycles. The van der Waals surface area contributed by atoms with E-state index in [1.165, 1.54) is 11.6 Å². The van der Waals surface area contributed by atoms with E-state index in [2.05, 4.69) is 16.4 Å². The van der Waals surface area contributed by atoms with Crippen molar-refractivity contribution in [1.82, 2.24) is 4.98 Å². The molecule has 2 unspecified atom stereocenters. The largest absolute Gasteiger partial charge is 0.326 e. The lowest BCUT2D eigenvalue weighted by Gasteiger charge is -2.21. The lowest BCUT2D eigenvalue weighted by atomic mass is 9.86. The fourth-order valence-corrected chi connectivity index (χ4v) is 5.95. The van der Waals surface area contributed by atoms with E-state index in [1.54, 1.807) is 24.3 Å². The van der Waals surface area contributed by atoms with Gasteiger partial charge in [-0.15, -0.1) is 0 Å². The van der Waals surface area contributed by atoms with Crippen molar-refractivity contribution >= 4 is 34.1 Å². The fraction of sp³-hybridized carbons (Fsp3) is 0.385. The third kappa shape index (κ3) is 4.06. The van der Waals surface area contributed by atoms with Gasteiger partial charge < -0.3 is 5.32 Å². The van der Waals surface area contributed by atoms with E-state index in [1.807, 2.05) is 25.3 Å². The van der Waals surface area contributed by atoms with Crippen LogP contribution in [-0.4, -0.2) is 10.9 Å². The summed E-state index contributed by atoms with van der Waals surface area (Å²) in [6.07, 6.45) is 6.25. The molecule has 3 aromatic rings. The molecule has 31 heavy (non-hydrogen) atoms. The molecule has 1 N–H and O–H groups in total. The number of anilines is 1. The zero-order chi connectivity index (χ0) is 21.5. The average Bonchev–Trinajstić information content (AvgIpc) is 3.33. The summed E-state index contributed by atoms with van der Waals surface area (Å²) in [5.41, 5.74) is 2.88. The summed E-state index contributed by atoms with van der Waals surface area (Å²) in [4.78, 5) is 17.2. The highest BCUT2D eigenvalue weighted by atomic mass is 35.5. The third-order valence-corrected chi connectivity index (χ3v) is 7.71. The van der Waals surface area contributed by atoms with Gasteiger partial charge in [-0.25, -0.2) is 4.39 Å². The van der Waals surface area contributed by atoms with Crippen LogP contribution in [0.5, 0.6) is 0 Å². The molecule has 2 aliphatic rings. The molecule has 0 bridgehead atoms. The van der Waals surface area contributed by atoms with E-state index in [4.69, 9.17) is 11.6 Å². The number of carbonyl (C=O) groups is 1. The van der Waals surface area contributed by atoms with Gasteiger partial charge in [0.15, 0.2) is 0 Å². The second-order valence-electron chi connectivity index (χ2n) is 9.27. The molecule has 0 saturated heterocycles. The summed E-state index contributed by atoms with van der Waals surface area (Å²) < 4.78 is 13.9. The predicted octanol–water partition coefficient (Wildman–Crippen LogP) is 6.82. The topological polar surface area (TPSA) is 42.0 Å². The monoisotopic (exact) mass is 436 g/mol. The van der Waals surface area contributed by atoms with Crippen LogP contribution in [-0.2, 0) is 4.79 Å². The highest BCUT2D eigenvalue weighted by Crippen LogP contribution is 2.54. The number of aromatic nitrogens is 1. The number of nitrogens with zero attached hydrogens (tertiary/aromatic N) is 1. The zero-order valence-corrected chi connectivity index (χ0v) is 18.3. The van der Waals surface area contributed by atoms with Crippen molar-refractivity contribution in [2.45, 2.75) is 38.5 Å². The summed E-state index contributed by atoms with van der Waals surface area (Å²) in [5.74, 6) is 1.99. The Kier molecular flexibility index (Phi) is 5.43. The first kappa shape index (κ1) is 20.4. The van der Waals surface area contributed by atoms with E-state index >= 15 is 0 Å². The van der Waals surface area contributed by atoms with Gasteiger partial charge in [-0.05, 0) is 103 Å². The maximum atomic E-state index is 13.9. The molecule has 0 spiro atoms. The molecular weight excluding hydrogens is 411 g/mol. The highest BCUT2D eigenvalue weighted by molar-refractivity contribution is 6.30. The Bertz CT molecular complexity index is 1100. The number of fused-ring (bicyclic) bond motifs is 2. The Morgan fingerprint density at radius 3 is 2.48 bits per heavy atom. The maximum absolute atomic E-state index is 13.9. The summed E-state index contributed by atoms with van der Waals surface area (Å²) >= 11 is 5.93. The molecule has 2 aromatic carbocycles. The van der Waals surface area contributed by atoms with Gasteiger partial charge in [0.05, 0.1) is 5.52 Å². The van der Waals surface area contributed by atoms with Gasteiger partial charge in [-0.3, -0.25) is 9.78 Å². The van der Waals surface area contributed by atoms with E-state index in [0.717, 1.165) is 42.3 Å². The van der Waals surface area contributed by atoms with Crippen LogP contribution in [0.15, 0.2) is 54.7 Å². The normalized spacial score (nSPS) is 26.0. The average molecular weight is 437 g/mol. The van der Waals surface area contributed by atoms with Gasteiger partial charge >= 0.3 is 0 Å². The van der Waals surface area contributed by atoms with Crippen LogP contribution < -0.4 is 5.32 Å². The number of rotatable bonds is 4. The van der Waals surface area contributed by atoms with Crippen LogP contribution in [0.3, 0.4) is 0 Å². The predicted molar refractivity (Wildman–Crippen MR) is 123 cm³/mol. The van der Waals surface area contributed by atoms with Crippen molar-refractivity contribution in [1.29, 1.82) is 0 Å². The summed E-state index contributed by atoms with van der Waals surface area (Å²) in [7, 11) is 0. The van der Waals surface area contributed by atoms with E-state index in [-0.39, 0.29) is 17.6 Å². The molecule has 5 rings (SSSR count). The number of pyridine rings is 1. The van der Waals surface area contributed by atoms with Gasteiger partial charge in [-0.2, -0.15) is 0 Å². The van der Waals surface area contributed by atoms with Crippen molar-refractivity contribution < 1.29 is 9.18 Å². The highest BCUT2D eigenvalue weighted by Gasteiger charge is 2.44. The summed E-state index contributed by atoms with van der Waals surface area (Å²) in [6, 6.07) is 14.2. The first-order valence-electron chi connectivity index (χ1n) is 11.1. The standard InChI is InChI=1S/C26H26ClFN2O/c1-15(26(31)30-22-5-2-20(27)3-6-22)16-10-17-12-19(13-18(17)11-16)23-8-9-29-25-7-4-21(28)14-24(23)25/h2-9,14-19H,10-13H2,1H3,(H,30,31)/t15-,16?,17-,18+,19?/m0/s1. The lowest BCUT2D eigenvalue weighted by molar-refractivity contribution is -0.120. The second-order valence-corrected chi connectivity index (χ2v) is 9.70. The van der Waals surface area contributed by atoms with Crippen molar-refractivity contribution in [2.24, 2.45) is 23.7 Å². The minimum absolute atomic E-state index is 0.0180. The van der Waals surface area contributed by atoms with Crippen molar-refractivity contribution in [2.75, 3.05) is 5.32 Å². The SMILES string of the molecule is C[C@H](C(=O)Nc1ccc(Cl)cc1)C1C[C@H]2CC(c3ccnc4ccc(F)cc34)C[C@H]2C1. The van der Waals surface area contributed by atoms with Gasteiger partial charge in [0.2, 0.25) is 5.91 Å². The van der Waals surface area contributed by atoms with Crippen LogP contribution in [0, 0.1) is 29.5 Å². The number of benzene rings is 2. The second kappa shape index (κ2) is 8.23. The van der Waals surface area contributed by atoms with Crippen molar-refractivity contribution in [3.05, 3.63) is 71.1 Å². The molecule has 2 fully saturated rings. The quantitative estimate of drug-likeness (QED) is 0.487. The maximum Gasteiger partial charge on any atom is 0.227 e. The number of nitrogens with one attached hydrogen (secondary N) is 1. The molecule has 5 atom stereocenters. The Morgan fingerprint density at radius 1 is 1.06 bits per heavy atom. The smallest absolute Gasteiger partial charge is 0.227 e. The Hall–Kier alpha value is -2.46. The molecule has 0 radical (unpaired) electrons. The van der Waals surface area contributed by atoms with Gasteiger partial charge in [0.1, 0.15) is 5.82 Å². The minimum Gasteiger partial charge on any atom is -0.326 e. The van der Waals surface area contributed by atoms with Crippen LogP contribution in [0.25, 0.3) is 10.9 Å². The molecule has 1 heterocycles. The zero-order valence-electron chi connectivity index (χ0n) is 17.5. The number of hydrogen-bond acceptors (Lipinski definition) is 2. The van der Waals surface area contributed by atoms with Gasteiger partial charge in [0.25, 0.3) is 0 Å². The summed E-state index contributed by atoms with van der Waals surface area (Å²) in [5, 5.41) is 4.64. The number of carbonyl (C=O) groups excluding carboxylic acids is 1. The Balaban J connectivity index is 1.24. The Labute approximate surface area is 187 Å². The number of hydrogen-bond donors (Lipinski definition) is 1. The van der Waals surface area contributed by atoms with Crippen molar-refractivity contribution in [3.63, 3.8) is 0 Å². The van der Waals surface area contributed by atoms with E-state index in [0.29, 0.717) is 28.7 Å². The molecule has 1 aromatic heterocycles. The fourth-order valence-electron chi connectivity index (χ4n) is 5.82. The van der Waals surface area contributed by atoms with Crippen LogP contribution in [0.2, 0.25) is 5.02 Å². The Morgan fingerprint density at radius 2 is 1.77 bits per heavy atom. The third-order valence-electron chi connectivity index (χ3n) is 7.46. The molecule has 2 aliphatic carbocycles. The lowest BCUT2D eigenvalue weighted by Crippen LogP contribution is -2.26. The van der Waals surface area contributed by atoms with Crippen LogP contribution in [0.4, 0.5) is 10.1 Å². The first-order chi connectivity index (χ1) is 15.0. The molecule has 2 saturated carbocycles. The van der Waals surface area contributed by atoms with Gasteiger partial charge in [-0.1, -0.05) is 18.5 Å². The number of amides is 1. The van der Waals surface area contributed by atoms with Crippen molar-refractivity contribution in [3.8, 4) is 0 Å². The molecule has 160 valence electrons. The number of halogens is 2. The van der Waals surface area contributed by atoms with Crippen LogP contribution >= 0.6 is 11.6 Å². The van der Waals surface area contributed by atoms with E-state index < -0.39 is 0 Å². The molecule has 5 heteroatoms. The molecule has 3 nitrogen and oxygen atoms in total. The van der Waals surface area contributed by atoms with Gasteiger partial charge in [0, 0.05) is 28.2 Å². The minimum atomic E-state index is -0.208. The van der Waals surface area contributed by atoms with Crippen LogP contribution in [0.1, 0.15) is 44.1 Å². The summed E-state index contributed by atoms with van der Waals surface area (Å²) in [6.45, 7) is 2.05. The van der Waals surface area contributed by atoms with E-state index in [9.17, 15) is 9.18 Å². The molecular formula is C26H26ClFN2O. The molecule has 1 amide bonds. The first-order valence-corrected chi connectivity index (χ1v) is 11.5.